The van der Waals surface area contributed by atoms with E-state index in [-0.39, 0.29) is 17.9 Å². The first kappa shape index (κ1) is 15.5. The Bertz CT molecular complexity index is 553. The molecule has 0 radical (unpaired) electrons. The van der Waals surface area contributed by atoms with E-state index in [1.54, 1.807) is 13.8 Å². The van der Waals surface area contributed by atoms with Gasteiger partial charge in [0.25, 0.3) is 0 Å². The summed E-state index contributed by atoms with van der Waals surface area (Å²) in [6, 6.07) is 4.29. The van der Waals surface area contributed by atoms with Crippen LogP contribution in [0.1, 0.15) is 22.8 Å². The number of ether oxygens (including phenoxy) is 1. The van der Waals surface area contributed by atoms with Crippen LogP contribution in [0.3, 0.4) is 0 Å². The predicted octanol–water partition coefficient (Wildman–Crippen LogP) is 1.47. The molecule has 2 N–H and O–H groups in total. The molecule has 0 atom stereocenters. The summed E-state index contributed by atoms with van der Waals surface area (Å²) < 4.78 is 30.8. The molecule has 1 rings (SSSR count). The number of carboxylic acid groups (broad SMARTS) is 1. The van der Waals surface area contributed by atoms with Gasteiger partial charge in [-0.15, -0.1) is 0 Å². The number of hydrogen-bond acceptors (Lipinski definition) is 4. The summed E-state index contributed by atoms with van der Waals surface area (Å²) in [6.45, 7) is 3.98. The smallest absolute Gasteiger partial charge is 0.335 e. The molecule has 0 bridgehead atoms. The van der Waals surface area contributed by atoms with E-state index in [1.165, 1.54) is 18.2 Å². The van der Waals surface area contributed by atoms with E-state index in [1.807, 2.05) is 0 Å². The number of rotatable bonds is 7. The largest absolute Gasteiger partial charge is 0.478 e. The van der Waals surface area contributed by atoms with Crippen LogP contribution in [0, 0.1) is 6.92 Å². The molecule has 1 aromatic carbocycles. The van der Waals surface area contributed by atoms with Crippen molar-refractivity contribution in [3.63, 3.8) is 0 Å². The van der Waals surface area contributed by atoms with Crippen LogP contribution in [-0.2, 0) is 14.8 Å². The first-order valence-corrected chi connectivity index (χ1v) is 7.43. The lowest BCUT2D eigenvalue weighted by Crippen LogP contribution is -2.20. The topological polar surface area (TPSA) is 92.7 Å². The van der Waals surface area contributed by atoms with Crippen molar-refractivity contribution in [2.45, 2.75) is 13.8 Å². The average molecular weight is 287 g/mol. The highest BCUT2D eigenvalue weighted by atomic mass is 32.2. The molecule has 0 unspecified atom stereocenters. The summed E-state index contributed by atoms with van der Waals surface area (Å²) in [4.78, 5) is 10.8. The fourth-order valence-electron chi connectivity index (χ4n) is 1.51. The van der Waals surface area contributed by atoms with Crippen molar-refractivity contribution in [2.75, 3.05) is 23.7 Å². The van der Waals surface area contributed by atoms with E-state index in [0.29, 0.717) is 17.9 Å². The van der Waals surface area contributed by atoms with Gasteiger partial charge in [-0.05, 0) is 37.6 Å². The van der Waals surface area contributed by atoms with Gasteiger partial charge in [-0.3, -0.25) is 4.72 Å². The molecule has 0 aromatic heterocycles. The highest BCUT2D eigenvalue weighted by Gasteiger charge is 2.12. The number of aryl methyl sites for hydroxylation is 1. The molecule has 0 aliphatic heterocycles. The number of carbonyl (C=O) groups is 1. The lowest BCUT2D eigenvalue weighted by atomic mass is 10.1. The van der Waals surface area contributed by atoms with Crippen molar-refractivity contribution >= 4 is 21.7 Å². The van der Waals surface area contributed by atoms with Gasteiger partial charge in [0.15, 0.2) is 0 Å². The number of sulfonamides is 1. The maximum absolute atomic E-state index is 11.7. The van der Waals surface area contributed by atoms with Crippen LogP contribution < -0.4 is 4.72 Å². The van der Waals surface area contributed by atoms with Crippen molar-refractivity contribution in [3.8, 4) is 0 Å². The van der Waals surface area contributed by atoms with Crippen molar-refractivity contribution in [1.29, 1.82) is 0 Å². The lowest BCUT2D eigenvalue weighted by molar-refractivity contribution is 0.0696. The highest BCUT2D eigenvalue weighted by molar-refractivity contribution is 7.92. The highest BCUT2D eigenvalue weighted by Crippen LogP contribution is 2.16. The number of nitrogens with one attached hydrogen (secondary N) is 1. The van der Waals surface area contributed by atoms with Gasteiger partial charge in [-0.25, -0.2) is 13.2 Å². The van der Waals surface area contributed by atoms with Gasteiger partial charge in [0.2, 0.25) is 10.0 Å². The van der Waals surface area contributed by atoms with E-state index in [0.717, 1.165) is 0 Å². The molecular weight excluding hydrogens is 270 g/mol. The van der Waals surface area contributed by atoms with Crippen LogP contribution in [0.2, 0.25) is 0 Å². The Kier molecular flexibility index (Phi) is 5.31. The number of anilines is 1. The second-order valence-electron chi connectivity index (χ2n) is 3.95. The molecule has 7 heteroatoms. The standard InChI is InChI=1S/C12H17NO5S/c1-3-18-6-7-19(16,17)13-10-4-5-11(12(14)15)9(2)8-10/h4-5,8,13H,3,6-7H2,1-2H3,(H,14,15). The Morgan fingerprint density at radius 3 is 2.63 bits per heavy atom. The monoisotopic (exact) mass is 287 g/mol. The third-order valence-electron chi connectivity index (χ3n) is 2.43. The summed E-state index contributed by atoms with van der Waals surface area (Å²) in [7, 11) is -3.48. The lowest BCUT2D eigenvalue weighted by Gasteiger charge is -2.09. The molecule has 106 valence electrons. The first-order valence-electron chi connectivity index (χ1n) is 5.78. The Labute approximate surface area is 112 Å². The fourth-order valence-corrected chi connectivity index (χ4v) is 2.44. The van der Waals surface area contributed by atoms with E-state index >= 15 is 0 Å². The number of benzene rings is 1. The Balaban J connectivity index is 2.77. The predicted molar refractivity (Wildman–Crippen MR) is 72.0 cm³/mol. The van der Waals surface area contributed by atoms with Crippen LogP contribution in [0.15, 0.2) is 18.2 Å². The number of aromatic carboxylic acids is 1. The molecule has 0 spiro atoms. The fraction of sp³-hybridized carbons (Fsp3) is 0.417. The number of hydrogen-bond donors (Lipinski definition) is 2. The van der Waals surface area contributed by atoms with Crippen molar-refractivity contribution in [1.82, 2.24) is 0 Å². The van der Waals surface area contributed by atoms with E-state index in [2.05, 4.69) is 4.72 Å². The molecule has 0 aliphatic rings. The second-order valence-corrected chi connectivity index (χ2v) is 5.79. The quantitative estimate of drug-likeness (QED) is 0.741. The molecule has 0 aliphatic carbocycles. The van der Waals surface area contributed by atoms with Gasteiger partial charge in [0.05, 0.1) is 17.9 Å². The van der Waals surface area contributed by atoms with Gasteiger partial charge in [0, 0.05) is 12.3 Å². The van der Waals surface area contributed by atoms with Crippen LogP contribution in [0.25, 0.3) is 0 Å². The zero-order valence-electron chi connectivity index (χ0n) is 10.8. The second kappa shape index (κ2) is 6.53. The molecule has 6 nitrogen and oxygen atoms in total. The van der Waals surface area contributed by atoms with Gasteiger partial charge in [-0.1, -0.05) is 0 Å². The van der Waals surface area contributed by atoms with Gasteiger partial charge >= 0.3 is 5.97 Å². The number of carboxylic acids is 1. The van der Waals surface area contributed by atoms with E-state index in [4.69, 9.17) is 9.84 Å². The third kappa shape index (κ3) is 4.88. The molecule has 0 amide bonds. The molecule has 19 heavy (non-hydrogen) atoms. The van der Waals surface area contributed by atoms with E-state index in [9.17, 15) is 13.2 Å². The van der Waals surface area contributed by atoms with Crippen LogP contribution in [0.4, 0.5) is 5.69 Å². The van der Waals surface area contributed by atoms with Crippen LogP contribution in [0.5, 0.6) is 0 Å². The minimum absolute atomic E-state index is 0.123. The molecule has 1 aromatic rings. The van der Waals surface area contributed by atoms with Crippen molar-refractivity contribution in [2.24, 2.45) is 0 Å². The normalized spacial score (nSPS) is 11.3. The Morgan fingerprint density at radius 2 is 2.11 bits per heavy atom. The molecule has 0 heterocycles. The van der Waals surface area contributed by atoms with Gasteiger partial charge < -0.3 is 9.84 Å². The zero-order valence-corrected chi connectivity index (χ0v) is 11.7. The van der Waals surface area contributed by atoms with Crippen LogP contribution in [-0.4, -0.2) is 38.5 Å². The molecule has 0 saturated heterocycles. The average Bonchev–Trinajstić information content (AvgIpc) is 2.28. The minimum Gasteiger partial charge on any atom is -0.478 e. The van der Waals surface area contributed by atoms with Gasteiger partial charge in [-0.2, -0.15) is 0 Å². The van der Waals surface area contributed by atoms with E-state index < -0.39 is 16.0 Å². The molecule has 0 saturated carbocycles. The van der Waals surface area contributed by atoms with Crippen LogP contribution >= 0.6 is 0 Å². The summed E-state index contributed by atoms with van der Waals surface area (Å²) in [5, 5.41) is 8.88. The Hall–Kier alpha value is -1.60. The third-order valence-corrected chi connectivity index (χ3v) is 3.68. The summed E-state index contributed by atoms with van der Waals surface area (Å²) in [5.74, 6) is -1.18. The first-order chi connectivity index (χ1) is 8.85. The SMILES string of the molecule is CCOCCS(=O)(=O)Nc1ccc(C(=O)O)c(C)c1. The van der Waals surface area contributed by atoms with Crippen molar-refractivity contribution in [3.05, 3.63) is 29.3 Å². The van der Waals surface area contributed by atoms with Crippen molar-refractivity contribution < 1.29 is 23.1 Å². The summed E-state index contributed by atoms with van der Waals surface area (Å²) in [5.41, 5.74) is 0.994. The maximum atomic E-state index is 11.7. The molecular formula is C12H17NO5S. The minimum atomic E-state index is -3.48. The summed E-state index contributed by atoms with van der Waals surface area (Å²) >= 11 is 0. The zero-order chi connectivity index (χ0) is 14.5. The summed E-state index contributed by atoms with van der Waals surface area (Å²) in [6.07, 6.45) is 0. The van der Waals surface area contributed by atoms with Gasteiger partial charge in [0.1, 0.15) is 0 Å². The molecule has 0 fully saturated rings. The maximum Gasteiger partial charge on any atom is 0.335 e. The Morgan fingerprint density at radius 1 is 1.42 bits per heavy atom.